The Bertz CT molecular complexity index is 150. The number of rotatable bonds is 0. The minimum absolute atomic E-state index is 0. The molecule has 1 saturated heterocycles. The summed E-state index contributed by atoms with van der Waals surface area (Å²) in [6, 6.07) is 0. The molecule has 0 radical (unpaired) electrons. The maximum atomic E-state index is 10.4. The predicted molar refractivity (Wildman–Crippen MR) is 32.7 cm³/mol. The highest BCUT2D eigenvalue weighted by Crippen LogP contribution is 2.16. The average Bonchev–Trinajstić information content (AvgIpc) is 1.85. The van der Waals surface area contributed by atoms with Crippen LogP contribution in [0.5, 0.6) is 0 Å². The first-order valence-electron chi connectivity index (χ1n) is 2.21. The second kappa shape index (κ2) is 1.78. The van der Waals surface area contributed by atoms with Crippen LogP contribution in [0.2, 0.25) is 0 Å². The molecule has 0 aromatic carbocycles. The highest BCUT2D eigenvalue weighted by Gasteiger charge is 2.26. The fourth-order valence-electron chi connectivity index (χ4n) is 0.446. The summed E-state index contributed by atoms with van der Waals surface area (Å²) in [5.74, 6) is -0.181. The van der Waals surface area contributed by atoms with Crippen molar-refractivity contribution in [2.45, 2.75) is 12.2 Å². The fraction of sp³-hybridized carbons (Fsp3) is 0.500. The van der Waals surface area contributed by atoms with Crippen LogP contribution in [0.3, 0.4) is 0 Å². The highest BCUT2D eigenvalue weighted by molar-refractivity contribution is 8.15. The topological polar surface area (TPSA) is 46.2 Å². The van der Waals surface area contributed by atoms with Gasteiger partial charge in [0.05, 0.1) is 5.25 Å². The number of thioether (sulfide) groups is 1. The van der Waals surface area contributed by atoms with E-state index in [0.717, 1.165) is 11.8 Å². The van der Waals surface area contributed by atoms with Gasteiger partial charge in [0, 0.05) is 1.43 Å². The van der Waals surface area contributed by atoms with Gasteiger partial charge >= 0.3 is 0 Å². The third-order valence-electron chi connectivity index (χ3n) is 0.878. The molecule has 1 N–H and O–H groups in total. The van der Waals surface area contributed by atoms with Crippen molar-refractivity contribution in [3.63, 3.8) is 0 Å². The maximum Gasteiger partial charge on any atom is 0.286 e. The standard InChI is InChI=1S/C4H5NO2S.H2/c1-2-3(6)5-4(7)8-2;/h2H,1H3,(H,5,6,7);1H. The zero-order chi connectivity index (χ0) is 6.15. The molecule has 0 spiro atoms. The van der Waals surface area contributed by atoms with E-state index in [-0.39, 0.29) is 17.8 Å². The molecule has 8 heavy (non-hydrogen) atoms. The van der Waals surface area contributed by atoms with Gasteiger partial charge in [-0.1, -0.05) is 11.8 Å². The third-order valence-corrected chi connectivity index (χ3v) is 1.76. The Morgan fingerprint density at radius 2 is 2.38 bits per heavy atom. The molecule has 1 fully saturated rings. The summed E-state index contributed by atoms with van der Waals surface area (Å²) < 4.78 is 0. The zero-order valence-corrected chi connectivity index (χ0v) is 5.12. The van der Waals surface area contributed by atoms with E-state index in [0.29, 0.717) is 0 Å². The summed E-state index contributed by atoms with van der Waals surface area (Å²) in [6.07, 6.45) is 0. The van der Waals surface area contributed by atoms with Crippen LogP contribution >= 0.6 is 11.8 Å². The lowest BCUT2D eigenvalue weighted by molar-refractivity contribution is -0.118. The van der Waals surface area contributed by atoms with E-state index in [9.17, 15) is 9.59 Å². The molecular formula is C4H7NO2S. The minimum Gasteiger partial charge on any atom is -0.286 e. The summed E-state index contributed by atoms with van der Waals surface area (Å²) in [6.45, 7) is 1.70. The summed E-state index contributed by atoms with van der Waals surface area (Å²) >= 11 is 1.03. The van der Waals surface area contributed by atoms with Crippen LogP contribution in [0.4, 0.5) is 4.79 Å². The molecule has 1 aliphatic heterocycles. The van der Waals surface area contributed by atoms with Crippen molar-refractivity contribution in [2.24, 2.45) is 0 Å². The molecule has 0 aromatic heterocycles. The molecule has 1 rings (SSSR count). The molecule has 1 heterocycles. The molecular weight excluding hydrogens is 126 g/mol. The fourth-order valence-corrected chi connectivity index (χ4v) is 1.09. The van der Waals surface area contributed by atoms with Gasteiger partial charge < -0.3 is 0 Å². The molecule has 4 heteroatoms. The van der Waals surface area contributed by atoms with Crippen LogP contribution in [-0.2, 0) is 4.79 Å². The average molecular weight is 133 g/mol. The van der Waals surface area contributed by atoms with Crippen molar-refractivity contribution in [3.05, 3.63) is 0 Å². The molecule has 0 aliphatic carbocycles. The Hall–Kier alpha value is -0.510. The largest absolute Gasteiger partial charge is 0.286 e. The Morgan fingerprint density at radius 1 is 1.75 bits per heavy atom. The van der Waals surface area contributed by atoms with Gasteiger partial charge in [-0.3, -0.25) is 14.9 Å². The molecule has 0 saturated carbocycles. The molecule has 46 valence electrons. The monoisotopic (exact) mass is 133 g/mol. The van der Waals surface area contributed by atoms with Crippen LogP contribution in [0.25, 0.3) is 0 Å². The summed E-state index contributed by atoms with van der Waals surface area (Å²) in [5, 5.41) is 1.73. The first-order valence-corrected chi connectivity index (χ1v) is 3.09. The van der Waals surface area contributed by atoms with Crippen molar-refractivity contribution in [1.29, 1.82) is 0 Å². The molecule has 1 aliphatic rings. The Morgan fingerprint density at radius 3 is 2.50 bits per heavy atom. The lowest BCUT2D eigenvalue weighted by Gasteiger charge is -1.87. The SMILES string of the molecule is CC1SC(=O)NC1=O.[HH]. The molecule has 1 unspecified atom stereocenters. The Labute approximate surface area is 52.3 Å². The normalized spacial score (nSPS) is 28.4. The molecule has 1 atom stereocenters. The third kappa shape index (κ3) is 0.838. The second-order valence-corrected chi connectivity index (χ2v) is 2.85. The van der Waals surface area contributed by atoms with Gasteiger partial charge in [-0.05, 0) is 6.92 Å². The summed E-state index contributed by atoms with van der Waals surface area (Å²) in [7, 11) is 0. The van der Waals surface area contributed by atoms with Crippen molar-refractivity contribution < 1.29 is 11.0 Å². The number of hydrogen-bond acceptors (Lipinski definition) is 3. The van der Waals surface area contributed by atoms with Gasteiger partial charge in [0.1, 0.15) is 0 Å². The number of nitrogens with one attached hydrogen (secondary N) is 1. The van der Waals surface area contributed by atoms with Crippen molar-refractivity contribution in [2.75, 3.05) is 0 Å². The summed E-state index contributed by atoms with van der Waals surface area (Å²) in [4.78, 5) is 20.7. The van der Waals surface area contributed by atoms with E-state index in [1.807, 2.05) is 0 Å². The first-order chi connectivity index (χ1) is 3.70. The van der Waals surface area contributed by atoms with E-state index in [1.165, 1.54) is 0 Å². The highest BCUT2D eigenvalue weighted by atomic mass is 32.2. The molecule has 0 bridgehead atoms. The number of hydrogen-bond donors (Lipinski definition) is 1. The van der Waals surface area contributed by atoms with Gasteiger partial charge in [0.2, 0.25) is 5.91 Å². The van der Waals surface area contributed by atoms with Crippen molar-refractivity contribution >= 4 is 22.9 Å². The first kappa shape index (κ1) is 5.62. The molecule has 3 nitrogen and oxygen atoms in total. The Kier molecular flexibility index (Phi) is 1.25. The predicted octanol–water partition coefficient (Wildman–Crippen LogP) is 0.604. The lowest BCUT2D eigenvalue weighted by atomic mass is 10.5. The van der Waals surface area contributed by atoms with Crippen molar-refractivity contribution in [3.8, 4) is 0 Å². The summed E-state index contributed by atoms with van der Waals surface area (Å²) in [5.41, 5.74) is 0. The van der Waals surface area contributed by atoms with Gasteiger partial charge in [-0.15, -0.1) is 0 Å². The zero-order valence-electron chi connectivity index (χ0n) is 4.30. The van der Waals surface area contributed by atoms with Crippen LogP contribution < -0.4 is 5.32 Å². The minimum atomic E-state index is -0.234. The van der Waals surface area contributed by atoms with E-state index in [2.05, 4.69) is 5.32 Å². The van der Waals surface area contributed by atoms with Crippen LogP contribution in [0.15, 0.2) is 0 Å². The van der Waals surface area contributed by atoms with E-state index < -0.39 is 0 Å². The van der Waals surface area contributed by atoms with Gasteiger partial charge in [-0.2, -0.15) is 0 Å². The smallest absolute Gasteiger partial charge is 0.286 e. The second-order valence-electron chi connectivity index (χ2n) is 1.54. The maximum absolute atomic E-state index is 10.4. The van der Waals surface area contributed by atoms with E-state index in [4.69, 9.17) is 0 Å². The quantitative estimate of drug-likeness (QED) is 0.526. The van der Waals surface area contributed by atoms with E-state index in [1.54, 1.807) is 6.92 Å². The number of amides is 2. The van der Waals surface area contributed by atoms with Gasteiger partial charge in [-0.25, -0.2) is 0 Å². The molecule has 0 aromatic rings. The van der Waals surface area contributed by atoms with Crippen LogP contribution in [0.1, 0.15) is 8.35 Å². The van der Waals surface area contributed by atoms with Crippen molar-refractivity contribution in [1.82, 2.24) is 5.32 Å². The van der Waals surface area contributed by atoms with Gasteiger partial charge in [0.25, 0.3) is 5.24 Å². The van der Waals surface area contributed by atoms with Gasteiger partial charge in [0.15, 0.2) is 0 Å². The van der Waals surface area contributed by atoms with E-state index >= 15 is 0 Å². The van der Waals surface area contributed by atoms with Crippen LogP contribution in [0, 0.1) is 0 Å². The number of imide groups is 1. The Balaban J connectivity index is 0.000000640. The van der Waals surface area contributed by atoms with Crippen LogP contribution in [-0.4, -0.2) is 16.4 Å². The molecule has 2 amide bonds. The number of carbonyl (C=O) groups is 2. The lowest BCUT2D eigenvalue weighted by Crippen LogP contribution is -2.22. The number of carbonyl (C=O) groups excluding carboxylic acids is 2.